The molecule has 6 nitrogen and oxygen atoms in total. The van der Waals surface area contributed by atoms with E-state index in [9.17, 15) is 13.2 Å². The Morgan fingerprint density at radius 1 is 1.44 bits per heavy atom. The van der Waals surface area contributed by atoms with Gasteiger partial charge in [-0.2, -0.15) is 0 Å². The van der Waals surface area contributed by atoms with Gasteiger partial charge in [0.05, 0.1) is 23.7 Å². The van der Waals surface area contributed by atoms with Crippen molar-refractivity contribution in [1.29, 1.82) is 0 Å². The zero-order valence-electron chi connectivity index (χ0n) is 10.1. The molecule has 2 N–H and O–H groups in total. The molecule has 7 heteroatoms. The maximum Gasteiger partial charge on any atom is 0.339 e. The number of ether oxygens (including phenoxy) is 1. The summed E-state index contributed by atoms with van der Waals surface area (Å²) in [5, 5.41) is 9.07. The van der Waals surface area contributed by atoms with E-state index >= 15 is 0 Å². The van der Waals surface area contributed by atoms with Gasteiger partial charge in [-0.05, 0) is 19.1 Å². The highest BCUT2D eigenvalue weighted by atomic mass is 32.2. The first kappa shape index (κ1) is 14.6. The van der Waals surface area contributed by atoms with Crippen LogP contribution in [0.3, 0.4) is 0 Å². The van der Waals surface area contributed by atoms with Crippen LogP contribution in [0.15, 0.2) is 29.2 Å². The fourth-order valence-corrected chi connectivity index (χ4v) is 2.60. The molecule has 0 spiro atoms. The van der Waals surface area contributed by atoms with Crippen molar-refractivity contribution >= 4 is 16.0 Å². The fourth-order valence-electron chi connectivity index (χ4n) is 1.29. The molecule has 0 heterocycles. The van der Waals surface area contributed by atoms with Crippen LogP contribution in [0.25, 0.3) is 0 Å². The van der Waals surface area contributed by atoms with E-state index in [1.807, 2.05) is 0 Å². The van der Waals surface area contributed by atoms with Crippen molar-refractivity contribution in [2.45, 2.75) is 17.9 Å². The summed E-state index contributed by atoms with van der Waals surface area (Å²) in [4.78, 5) is 11.3. The van der Waals surface area contributed by atoms with Gasteiger partial charge in [-0.3, -0.25) is 0 Å². The summed E-state index contributed by atoms with van der Waals surface area (Å²) in [5.41, 5.74) is -0.0434. The highest BCUT2D eigenvalue weighted by molar-refractivity contribution is 7.89. The van der Waals surface area contributed by atoms with E-state index in [0.29, 0.717) is 0 Å². The molecule has 18 heavy (non-hydrogen) atoms. The zero-order valence-corrected chi connectivity index (χ0v) is 10.9. The lowest BCUT2D eigenvalue weighted by atomic mass is 10.2. The van der Waals surface area contributed by atoms with E-state index in [1.54, 1.807) is 6.07 Å². The van der Waals surface area contributed by atoms with Crippen molar-refractivity contribution in [3.8, 4) is 0 Å². The number of aliphatic hydroxyl groups is 1. The molecule has 0 aromatic heterocycles. The number of aliphatic hydroxyl groups excluding tert-OH is 1. The first-order valence-corrected chi connectivity index (χ1v) is 6.72. The fraction of sp³-hybridized carbons (Fsp3) is 0.364. The van der Waals surface area contributed by atoms with Crippen molar-refractivity contribution < 1.29 is 23.1 Å². The predicted octanol–water partition coefficient (Wildman–Crippen LogP) is 0.132. The smallest absolute Gasteiger partial charge is 0.339 e. The van der Waals surface area contributed by atoms with Gasteiger partial charge in [0, 0.05) is 6.54 Å². The Hall–Kier alpha value is -1.44. The molecular formula is C11H15NO5S. The topological polar surface area (TPSA) is 92.7 Å². The Morgan fingerprint density at radius 3 is 2.61 bits per heavy atom. The van der Waals surface area contributed by atoms with Crippen LogP contribution in [0.5, 0.6) is 0 Å². The summed E-state index contributed by atoms with van der Waals surface area (Å²) < 4.78 is 30.6. The lowest BCUT2D eigenvalue weighted by Gasteiger charge is -2.11. The van der Waals surface area contributed by atoms with Crippen LogP contribution in [-0.2, 0) is 14.8 Å². The van der Waals surface area contributed by atoms with Gasteiger partial charge < -0.3 is 9.84 Å². The van der Waals surface area contributed by atoms with Crippen LogP contribution in [0.2, 0.25) is 0 Å². The van der Waals surface area contributed by atoms with Crippen molar-refractivity contribution in [2.75, 3.05) is 13.7 Å². The molecule has 1 aromatic carbocycles. The van der Waals surface area contributed by atoms with E-state index in [2.05, 4.69) is 9.46 Å². The highest BCUT2D eigenvalue weighted by Gasteiger charge is 2.22. The molecule has 0 bridgehead atoms. The lowest BCUT2D eigenvalue weighted by molar-refractivity contribution is 0.0596. The minimum absolute atomic E-state index is 0.0434. The SMILES string of the molecule is COC(=O)c1ccccc1S(=O)(=O)NC[C@@H](C)O. The maximum absolute atomic E-state index is 11.9. The standard InChI is InChI=1S/C11H15NO5S/c1-8(13)7-12-18(15,16)10-6-4-3-5-9(10)11(14)17-2/h3-6,8,12-13H,7H2,1-2H3/t8-/m1/s1. The largest absolute Gasteiger partial charge is 0.465 e. The van der Waals surface area contributed by atoms with Gasteiger partial charge in [-0.1, -0.05) is 12.1 Å². The van der Waals surface area contributed by atoms with Crippen molar-refractivity contribution in [3.05, 3.63) is 29.8 Å². The molecule has 0 amide bonds. The number of carbonyl (C=O) groups is 1. The third-order valence-corrected chi connectivity index (χ3v) is 3.63. The van der Waals surface area contributed by atoms with Crippen molar-refractivity contribution in [1.82, 2.24) is 4.72 Å². The number of carbonyl (C=O) groups excluding carboxylic acids is 1. The monoisotopic (exact) mass is 273 g/mol. The van der Waals surface area contributed by atoms with E-state index in [4.69, 9.17) is 5.11 Å². The molecule has 0 aliphatic heterocycles. The van der Waals surface area contributed by atoms with Crippen LogP contribution in [0, 0.1) is 0 Å². The maximum atomic E-state index is 11.9. The van der Waals surface area contributed by atoms with Crippen LogP contribution in [-0.4, -0.2) is 39.3 Å². The van der Waals surface area contributed by atoms with E-state index in [0.717, 1.165) is 0 Å². The van der Waals surface area contributed by atoms with Crippen molar-refractivity contribution in [2.24, 2.45) is 0 Å². The quantitative estimate of drug-likeness (QED) is 0.744. The van der Waals surface area contributed by atoms with E-state index < -0.39 is 22.1 Å². The number of hydrogen-bond acceptors (Lipinski definition) is 5. The van der Waals surface area contributed by atoms with Gasteiger partial charge in [0.2, 0.25) is 10.0 Å². The molecule has 1 aromatic rings. The van der Waals surface area contributed by atoms with Gasteiger partial charge in [-0.25, -0.2) is 17.9 Å². The molecular weight excluding hydrogens is 258 g/mol. The van der Waals surface area contributed by atoms with Crippen molar-refractivity contribution in [3.63, 3.8) is 0 Å². The number of nitrogens with one attached hydrogen (secondary N) is 1. The van der Waals surface area contributed by atoms with Crippen LogP contribution in [0.1, 0.15) is 17.3 Å². The molecule has 100 valence electrons. The molecule has 0 aliphatic rings. The minimum Gasteiger partial charge on any atom is -0.465 e. The second-order valence-electron chi connectivity index (χ2n) is 3.69. The Morgan fingerprint density at radius 2 is 2.06 bits per heavy atom. The molecule has 1 rings (SSSR count). The average Bonchev–Trinajstić information content (AvgIpc) is 2.35. The van der Waals surface area contributed by atoms with Gasteiger partial charge in [0.1, 0.15) is 0 Å². The first-order chi connectivity index (χ1) is 8.38. The molecule has 0 radical (unpaired) electrons. The molecule has 0 saturated carbocycles. The number of hydrogen-bond donors (Lipinski definition) is 2. The summed E-state index contributed by atoms with van der Waals surface area (Å²) in [6.07, 6.45) is -0.815. The normalized spacial score (nSPS) is 13.1. The summed E-state index contributed by atoms with van der Waals surface area (Å²) in [6, 6.07) is 5.71. The summed E-state index contributed by atoms with van der Waals surface area (Å²) in [6.45, 7) is 1.33. The lowest BCUT2D eigenvalue weighted by Crippen LogP contribution is -2.31. The van der Waals surface area contributed by atoms with Gasteiger partial charge >= 0.3 is 5.97 Å². The third kappa shape index (κ3) is 3.52. The summed E-state index contributed by atoms with van der Waals surface area (Å²) in [5.74, 6) is -0.729. The van der Waals surface area contributed by atoms with E-state index in [-0.39, 0.29) is 17.0 Å². The summed E-state index contributed by atoms with van der Waals surface area (Å²) >= 11 is 0. The number of rotatable bonds is 5. The Bertz CT molecular complexity index is 524. The Kier molecular flexibility index (Phi) is 4.83. The van der Waals surface area contributed by atoms with E-state index in [1.165, 1.54) is 32.2 Å². The molecule has 0 unspecified atom stereocenters. The van der Waals surface area contributed by atoms with Gasteiger partial charge in [0.15, 0.2) is 0 Å². The zero-order chi connectivity index (χ0) is 13.8. The number of methoxy groups -OCH3 is 1. The van der Waals surface area contributed by atoms with Crippen LogP contribution >= 0.6 is 0 Å². The summed E-state index contributed by atoms with van der Waals surface area (Å²) in [7, 11) is -2.68. The highest BCUT2D eigenvalue weighted by Crippen LogP contribution is 2.16. The first-order valence-electron chi connectivity index (χ1n) is 5.23. The third-order valence-electron chi connectivity index (χ3n) is 2.15. The van der Waals surface area contributed by atoms with Gasteiger partial charge in [0.25, 0.3) is 0 Å². The molecule has 0 saturated heterocycles. The van der Waals surface area contributed by atoms with Crippen LogP contribution in [0.4, 0.5) is 0 Å². The Balaban J connectivity index is 3.12. The molecule has 1 atom stereocenters. The molecule has 0 aliphatic carbocycles. The average molecular weight is 273 g/mol. The molecule has 0 fully saturated rings. The second kappa shape index (κ2) is 5.94. The Labute approximate surface area is 106 Å². The predicted molar refractivity (Wildman–Crippen MR) is 64.7 cm³/mol. The second-order valence-corrected chi connectivity index (χ2v) is 5.42. The number of benzene rings is 1. The number of esters is 1. The minimum atomic E-state index is -3.85. The van der Waals surface area contributed by atoms with Gasteiger partial charge in [-0.15, -0.1) is 0 Å². The van der Waals surface area contributed by atoms with Crippen LogP contribution < -0.4 is 4.72 Å². The number of sulfonamides is 1.